The lowest BCUT2D eigenvalue weighted by Crippen LogP contribution is -2.52. The molecule has 3 rings (SSSR count). The molecule has 0 atom stereocenters. The lowest BCUT2D eigenvalue weighted by atomic mass is 9.94. The number of piperidine rings is 1. The first kappa shape index (κ1) is 21.8. The third-order valence-electron chi connectivity index (χ3n) is 6.01. The molecule has 0 aromatic heterocycles. The number of likely N-dealkylation sites (tertiary alicyclic amines) is 1. The number of ether oxygens (including phenoxy) is 1. The molecule has 0 bridgehead atoms. The Morgan fingerprint density at radius 1 is 0.931 bits per heavy atom. The predicted molar refractivity (Wildman–Crippen MR) is 114 cm³/mol. The number of rotatable bonds is 7. The molecule has 0 spiro atoms. The summed E-state index contributed by atoms with van der Waals surface area (Å²) in [5.41, 5.74) is 1.89. The zero-order chi connectivity index (χ0) is 20.6. The molecule has 0 saturated carbocycles. The van der Waals surface area contributed by atoms with Gasteiger partial charge >= 0.3 is 0 Å². The first-order chi connectivity index (χ1) is 14.1. The van der Waals surface area contributed by atoms with Crippen LogP contribution in [0.4, 0.5) is 0 Å². The fourth-order valence-corrected chi connectivity index (χ4v) is 4.10. The van der Waals surface area contributed by atoms with Gasteiger partial charge in [-0.15, -0.1) is 0 Å². The standard InChI is InChI=1S/C23H35N3O3/c1-3-17-29-18-16-24-12-14-26(15-13-24)23(28)21-8-10-25(11-9-21)22(27)20-6-4-19(2)5-7-20/h4-7,21H,3,8-18H2,1-2H3. The fraction of sp³-hybridized carbons (Fsp3) is 0.652. The van der Waals surface area contributed by atoms with Crippen molar-refractivity contribution in [1.82, 2.24) is 14.7 Å². The summed E-state index contributed by atoms with van der Waals surface area (Å²) >= 11 is 0. The summed E-state index contributed by atoms with van der Waals surface area (Å²) in [6.45, 7) is 11.5. The van der Waals surface area contributed by atoms with Crippen LogP contribution >= 0.6 is 0 Å². The monoisotopic (exact) mass is 401 g/mol. The lowest BCUT2D eigenvalue weighted by molar-refractivity contribution is -0.138. The van der Waals surface area contributed by atoms with Crippen LogP contribution in [0.2, 0.25) is 0 Å². The molecule has 6 heteroatoms. The summed E-state index contributed by atoms with van der Waals surface area (Å²) in [7, 11) is 0. The molecule has 6 nitrogen and oxygen atoms in total. The zero-order valence-corrected chi connectivity index (χ0v) is 17.9. The van der Waals surface area contributed by atoms with Gasteiger partial charge in [0.15, 0.2) is 0 Å². The van der Waals surface area contributed by atoms with Gasteiger partial charge in [0.25, 0.3) is 5.91 Å². The molecule has 1 aromatic carbocycles. The van der Waals surface area contributed by atoms with Gasteiger partial charge in [0.2, 0.25) is 5.91 Å². The second-order valence-corrected chi connectivity index (χ2v) is 8.21. The molecule has 29 heavy (non-hydrogen) atoms. The Bertz CT molecular complexity index is 660. The van der Waals surface area contributed by atoms with E-state index in [0.29, 0.717) is 13.1 Å². The maximum absolute atomic E-state index is 12.9. The first-order valence-electron chi connectivity index (χ1n) is 11.0. The van der Waals surface area contributed by atoms with E-state index in [1.165, 1.54) is 0 Å². The van der Waals surface area contributed by atoms with Crippen molar-refractivity contribution in [3.05, 3.63) is 35.4 Å². The minimum Gasteiger partial charge on any atom is -0.380 e. The number of aryl methyl sites for hydroxylation is 1. The summed E-state index contributed by atoms with van der Waals surface area (Å²) in [5.74, 6) is 0.403. The number of hydrogen-bond donors (Lipinski definition) is 0. The second kappa shape index (κ2) is 10.7. The third-order valence-corrected chi connectivity index (χ3v) is 6.01. The Morgan fingerprint density at radius 3 is 2.21 bits per heavy atom. The SMILES string of the molecule is CCCOCCN1CCN(C(=O)C2CCN(C(=O)c3ccc(C)cc3)CC2)CC1. The highest BCUT2D eigenvalue weighted by Gasteiger charge is 2.31. The Kier molecular flexibility index (Phi) is 8.07. The summed E-state index contributed by atoms with van der Waals surface area (Å²) in [6, 6.07) is 7.72. The van der Waals surface area contributed by atoms with Crippen molar-refractivity contribution in [3.63, 3.8) is 0 Å². The van der Waals surface area contributed by atoms with Gasteiger partial charge < -0.3 is 14.5 Å². The van der Waals surface area contributed by atoms with Crippen LogP contribution in [0.5, 0.6) is 0 Å². The van der Waals surface area contributed by atoms with E-state index in [4.69, 9.17) is 4.74 Å². The van der Waals surface area contributed by atoms with Crippen LogP contribution in [-0.4, -0.2) is 85.5 Å². The zero-order valence-electron chi connectivity index (χ0n) is 17.9. The van der Waals surface area contributed by atoms with E-state index < -0.39 is 0 Å². The molecule has 0 aliphatic carbocycles. The molecule has 2 heterocycles. The van der Waals surface area contributed by atoms with Gasteiger partial charge in [-0.3, -0.25) is 14.5 Å². The minimum absolute atomic E-state index is 0.0523. The number of hydrogen-bond acceptors (Lipinski definition) is 4. The van der Waals surface area contributed by atoms with Gasteiger partial charge in [-0.2, -0.15) is 0 Å². The van der Waals surface area contributed by atoms with Crippen molar-refractivity contribution < 1.29 is 14.3 Å². The van der Waals surface area contributed by atoms with E-state index in [1.807, 2.05) is 41.0 Å². The molecule has 1 aromatic rings. The van der Waals surface area contributed by atoms with Gasteiger partial charge in [-0.25, -0.2) is 0 Å². The van der Waals surface area contributed by atoms with Crippen molar-refractivity contribution in [2.75, 3.05) is 59.0 Å². The predicted octanol–water partition coefficient (Wildman–Crippen LogP) is 2.42. The van der Waals surface area contributed by atoms with Crippen LogP contribution in [0.3, 0.4) is 0 Å². The van der Waals surface area contributed by atoms with Crippen LogP contribution < -0.4 is 0 Å². The molecular weight excluding hydrogens is 366 g/mol. The molecule has 0 radical (unpaired) electrons. The van der Waals surface area contributed by atoms with Crippen LogP contribution in [-0.2, 0) is 9.53 Å². The van der Waals surface area contributed by atoms with Crippen LogP contribution in [0.1, 0.15) is 42.1 Å². The smallest absolute Gasteiger partial charge is 0.253 e. The average Bonchev–Trinajstić information content (AvgIpc) is 2.77. The normalized spacial score (nSPS) is 18.8. The molecule has 0 N–H and O–H groups in total. The maximum atomic E-state index is 12.9. The van der Waals surface area contributed by atoms with Gasteiger partial charge in [0.05, 0.1) is 6.61 Å². The molecule has 2 fully saturated rings. The average molecular weight is 402 g/mol. The number of piperazine rings is 1. The topological polar surface area (TPSA) is 53.1 Å². The molecule has 2 aliphatic rings. The van der Waals surface area contributed by atoms with Gasteiger partial charge in [-0.1, -0.05) is 24.6 Å². The maximum Gasteiger partial charge on any atom is 0.253 e. The van der Waals surface area contributed by atoms with Crippen molar-refractivity contribution >= 4 is 11.8 Å². The van der Waals surface area contributed by atoms with Crippen molar-refractivity contribution in [3.8, 4) is 0 Å². The number of carbonyl (C=O) groups excluding carboxylic acids is 2. The van der Waals surface area contributed by atoms with E-state index in [1.54, 1.807) is 0 Å². The van der Waals surface area contributed by atoms with Crippen LogP contribution in [0.25, 0.3) is 0 Å². The Hall–Kier alpha value is -1.92. The molecule has 160 valence electrons. The number of carbonyl (C=O) groups is 2. The van der Waals surface area contributed by atoms with Crippen molar-refractivity contribution in [2.45, 2.75) is 33.1 Å². The van der Waals surface area contributed by atoms with Crippen LogP contribution in [0, 0.1) is 12.8 Å². The largest absolute Gasteiger partial charge is 0.380 e. The van der Waals surface area contributed by atoms with E-state index >= 15 is 0 Å². The van der Waals surface area contributed by atoms with Gasteiger partial charge in [0, 0.05) is 63.9 Å². The summed E-state index contributed by atoms with van der Waals surface area (Å²) < 4.78 is 5.57. The third kappa shape index (κ3) is 6.03. The highest BCUT2D eigenvalue weighted by Crippen LogP contribution is 2.22. The minimum atomic E-state index is 0.0523. The summed E-state index contributed by atoms with van der Waals surface area (Å²) in [4.78, 5) is 31.9. The summed E-state index contributed by atoms with van der Waals surface area (Å²) in [5, 5.41) is 0. The van der Waals surface area contributed by atoms with E-state index in [2.05, 4.69) is 11.8 Å². The van der Waals surface area contributed by atoms with Gasteiger partial charge in [-0.05, 0) is 38.3 Å². The van der Waals surface area contributed by atoms with E-state index in [0.717, 1.165) is 76.3 Å². The Morgan fingerprint density at radius 2 is 1.59 bits per heavy atom. The molecule has 2 aliphatic heterocycles. The first-order valence-corrected chi connectivity index (χ1v) is 11.0. The molecule has 0 unspecified atom stereocenters. The van der Waals surface area contributed by atoms with E-state index in [9.17, 15) is 9.59 Å². The van der Waals surface area contributed by atoms with Crippen molar-refractivity contribution in [1.29, 1.82) is 0 Å². The van der Waals surface area contributed by atoms with Crippen LogP contribution in [0.15, 0.2) is 24.3 Å². The highest BCUT2D eigenvalue weighted by atomic mass is 16.5. The fourth-order valence-electron chi connectivity index (χ4n) is 4.10. The molecule has 2 saturated heterocycles. The quantitative estimate of drug-likeness (QED) is 0.659. The Balaban J connectivity index is 1.40. The van der Waals surface area contributed by atoms with Gasteiger partial charge in [0.1, 0.15) is 0 Å². The number of benzene rings is 1. The molecule has 2 amide bonds. The number of nitrogens with zero attached hydrogens (tertiary/aromatic N) is 3. The highest BCUT2D eigenvalue weighted by molar-refractivity contribution is 5.94. The van der Waals surface area contributed by atoms with E-state index in [-0.39, 0.29) is 17.7 Å². The molecular formula is C23H35N3O3. The summed E-state index contributed by atoms with van der Waals surface area (Å²) in [6.07, 6.45) is 2.58. The second-order valence-electron chi connectivity index (χ2n) is 8.21. The lowest BCUT2D eigenvalue weighted by Gasteiger charge is -2.38. The number of amides is 2. The Labute approximate surface area is 174 Å². The van der Waals surface area contributed by atoms with Crippen molar-refractivity contribution in [2.24, 2.45) is 5.92 Å².